The minimum Gasteiger partial charge on any atom is -0.446 e. The normalized spacial score (nSPS) is 11.2. The largest absolute Gasteiger partial charge is 0.446 e. The molecule has 5 nitrogen and oxygen atoms in total. The first-order chi connectivity index (χ1) is 12.6. The molecule has 0 saturated heterocycles. The number of nitrogens with zero attached hydrogens (tertiary/aromatic N) is 4. The quantitative estimate of drug-likeness (QED) is 0.375. The van der Waals surface area contributed by atoms with Gasteiger partial charge in [-0.3, -0.25) is 0 Å². The highest BCUT2D eigenvalue weighted by Gasteiger charge is 2.15. The van der Waals surface area contributed by atoms with Crippen molar-refractivity contribution in [1.29, 1.82) is 0 Å². The number of rotatable bonds is 5. The molecule has 0 saturated carbocycles. The summed E-state index contributed by atoms with van der Waals surface area (Å²) in [5.41, 5.74) is 3.45. The summed E-state index contributed by atoms with van der Waals surface area (Å²) in [6.45, 7) is 2.09. The average Bonchev–Trinajstić information content (AvgIpc) is 3.34. The number of hydrogen-bond acceptors (Lipinski definition) is 6. The maximum Gasteiger partial charge on any atom is 0.200 e. The third-order valence-electron chi connectivity index (χ3n) is 3.83. The number of furan rings is 1. The Labute approximate surface area is 167 Å². The molecule has 0 bridgehead atoms. The van der Waals surface area contributed by atoms with Crippen LogP contribution in [0, 0.1) is 6.92 Å². The van der Waals surface area contributed by atoms with E-state index >= 15 is 0 Å². The van der Waals surface area contributed by atoms with Crippen LogP contribution in [0.4, 0.5) is 0 Å². The number of aryl methyl sites for hydroxylation is 1. The monoisotopic (exact) mass is 446 g/mol. The zero-order valence-electron chi connectivity index (χ0n) is 14.1. The molecular formula is C18H15BrN4OS2. The lowest BCUT2D eigenvalue weighted by Gasteiger charge is -2.01. The predicted molar refractivity (Wildman–Crippen MR) is 108 cm³/mol. The molecule has 26 heavy (non-hydrogen) atoms. The van der Waals surface area contributed by atoms with E-state index in [1.807, 2.05) is 23.7 Å². The Balaban J connectivity index is 1.46. The van der Waals surface area contributed by atoms with Gasteiger partial charge in [-0.1, -0.05) is 41.6 Å². The molecule has 3 aromatic heterocycles. The second kappa shape index (κ2) is 7.38. The molecule has 0 fully saturated rings. The minimum atomic E-state index is 0.677. The summed E-state index contributed by atoms with van der Waals surface area (Å²) < 4.78 is 8.17. The van der Waals surface area contributed by atoms with E-state index in [9.17, 15) is 0 Å². The Bertz CT molecular complexity index is 1040. The molecule has 0 amide bonds. The van der Waals surface area contributed by atoms with Gasteiger partial charge in [-0.15, -0.1) is 21.5 Å². The standard InChI is InChI=1S/C18H15BrN4OS2/c1-11-3-5-12(6-4-11)17-20-13(9-25-17)10-26-18-22-21-16(23(18)2)14-7-8-15(19)24-14/h3-9H,10H2,1-2H3. The SMILES string of the molecule is Cc1ccc(-c2nc(CSc3nnc(-c4ccc(Br)o4)n3C)cs2)cc1. The molecule has 132 valence electrons. The van der Waals surface area contributed by atoms with Crippen LogP contribution in [0.15, 0.2) is 56.0 Å². The molecule has 0 N–H and O–H groups in total. The highest BCUT2D eigenvalue weighted by atomic mass is 79.9. The van der Waals surface area contributed by atoms with Crippen molar-refractivity contribution in [3.05, 3.63) is 57.7 Å². The third-order valence-corrected chi connectivity index (χ3v) is 6.25. The lowest BCUT2D eigenvalue weighted by atomic mass is 10.2. The fourth-order valence-corrected chi connectivity index (χ4v) is 4.47. The first-order valence-corrected chi connectivity index (χ1v) is 10.6. The summed E-state index contributed by atoms with van der Waals surface area (Å²) >= 11 is 6.59. The Hall–Kier alpha value is -1.90. The lowest BCUT2D eigenvalue weighted by molar-refractivity contribution is 0.547. The summed E-state index contributed by atoms with van der Waals surface area (Å²) in [6, 6.07) is 12.2. The zero-order chi connectivity index (χ0) is 18.1. The Morgan fingerprint density at radius 3 is 2.69 bits per heavy atom. The smallest absolute Gasteiger partial charge is 0.200 e. The predicted octanol–water partition coefficient (Wildman–Crippen LogP) is 5.56. The third kappa shape index (κ3) is 3.62. The molecular weight excluding hydrogens is 432 g/mol. The highest BCUT2D eigenvalue weighted by Crippen LogP contribution is 2.30. The van der Waals surface area contributed by atoms with Gasteiger partial charge in [0, 0.05) is 23.7 Å². The fourth-order valence-electron chi connectivity index (χ4n) is 2.43. The van der Waals surface area contributed by atoms with Crippen LogP contribution >= 0.6 is 39.0 Å². The van der Waals surface area contributed by atoms with Gasteiger partial charge >= 0.3 is 0 Å². The minimum absolute atomic E-state index is 0.677. The number of aromatic nitrogens is 4. The molecule has 4 rings (SSSR count). The van der Waals surface area contributed by atoms with Crippen LogP contribution in [-0.2, 0) is 12.8 Å². The van der Waals surface area contributed by atoms with Crippen LogP contribution in [-0.4, -0.2) is 19.7 Å². The van der Waals surface area contributed by atoms with Crippen molar-refractivity contribution in [2.45, 2.75) is 17.8 Å². The van der Waals surface area contributed by atoms with Gasteiger partial charge in [-0.25, -0.2) is 4.98 Å². The van der Waals surface area contributed by atoms with E-state index in [0.29, 0.717) is 16.3 Å². The van der Waals surface area contributed by atoms with E-state index < -0.39 is 0 Å². The molecule has 0 radical (unpaired) electrons. The first-order valence-electron chi connectivity index (χ1n) is 7.89. The van der Waals surface area contributed by atoms with Crippen molar-refractivity contribution in [1.82, 2.24) is 19.7 Å². The second-order valence-corrected chi connectivity index (χ2v) is 8.35. The summed E-state index contributed by atoms with van der Waals surface area (Å²) in [5.74, 6) is 2.14. The number of benzene rings is 1. The Morgan fingerprint density at radius 1 is 1.15 bits per heavy atom. The molecule has 0 aliphatic carbocycles. The van der Waals surface area contributed by atoms with Crippen molar-refractivity contribution in [3.8, 4) is 22.2 Å². The van der Waals surface area contributed by atoms with E-state index in [-0.39, 0.29) is 0 Å². The summed E-state index contributed by atoms with van der Waals surface area (Å²) in [5, 5.41) is 12.5. The maximum absolute atomic E-state index is 5.56. The van der Waals surface area contributed by atoms with Crippen molar-refractivity contribution >= 4 is 39.0 Å². The summed E-state index contributed by atoms with van der Waals surface area (Å²) in [7, 11) is 1.94. The van der Waals surface area contributed by atoms with Crippen LogP contribution in [0.1, 0.15) is 11.3 Å². The number of thioether (sulfide) groups is 1. The Kier molecular flexibility index (Phi) is 4.97. The van der Waals surface area contributed by atoms with Crippen LogP contribution in [0.3, 0.4) is 0 Å². The van der Waals surface area contributed by atoms with Gasteiger partial charge in [0.1, 0.15) is 5.01 Å². The van der Waals surface area contributed by atoms with Crippen molar-refractivity contribution in [2.24, 2.45) is 7.05 Å². The second-order valence-electron chi connectivity index (χ2n) is 5.77. The van der Waals surface area contributed by atoms with E-state index in [2.05, 4.69) is 62.7 Å². The molecule has 0 aliphatic rings. The fraction of sp³-hybridized carbons (Fsp3) is 0.167. The number of hydrogen-bond donors (Lipinski definition) is 0. The Morgan fingerprint density at radius 2 is 1.96 bits per heavy atom. The van der Waals surface area contributed by atoms with Crippen LogP contribution in [0.5, 0.6) is 0 Å². The lowest BCUT2D eigenvalue weighted by Crippen LogP contribution is -1.94. The van der Waals surface area contributed by atoms with Gasteiger partial charge in [0.2, 0.25) is 0 Å². The summed E-state index contributed by atoms with van der Waals surface area (Å²) in [6.07, 6.45) is 0. The first kappa shape index (κ1) is 17.5. The van der Waals surface area contributed by atoms with E-state index in [0.717, 1.165) is 27.2 Å². The van der Waals surface area contributed by atoms with Gasteiger partial charge in [0.25, 0.3) is 0 Å². The highest BCUT2D eigenvalue weighted by molar-refractivity contribution is 9.10. The van der Waals surface area contributed by atoms with E-state index in [4.69, 9.17) is 9.40 Å². The van der Waals surface area contributed by atoms with Crippen molar-refractivity contribution in [2.75, 3.05) is 0 Å². The zero-order valence-corrected chi connectivity index (χ0v) is 17.4. The molecule has 1 aromatic carbocycles. The van der Waals surface area contributed by atoms with Crippen LogP contribution in [0.2, 0.25) is 0 Å². The number of halogens is 1. The van der Waals surface area contributed by atoms with Crippen molar-refractivity contribution in [3.63, 3.8) is 0 Å². The topological polar surface area (TPSA) is 56.7 Å². The number of thiazole rings is 1. The van der Waals surface area contributed by atoms with Crippen LogP contribution in [0.25, 0.3) is 22.2 Å². The molecule has 3 heterocycles. The average molecular weight is 447 g/mol. The van der Waals surface area contributed by atoms with Gasteiger partial charge in [0.15, 0.2) is 21.4 Å². The van der Waals surface area contributed by atoms with Gasteiger partial charge in [0.05, 0.1) is 5.69 Å². The van der Waals surface area contributed by atoms with E-state index in [1.54, 1.807) is 23.1 Å². The maximum atomic E-state index is 5.56. The van der Waals surface area contributed by atoms with Gasteiger partial charge < -0.3 is 8.98 Å². The molecule has 8 heteroatoms. The molecule has 0 spiro atoms. The molecule has 0 atom stereocenters. The summed E-state index contributed by atoms with van der Waals surface area (Å²) in [4.78, 5) is 4.74. The van der Waals surface area contributed by atoms with E-state index in [1.165, 1.54) is 5.56 Å². The molecule has 0 aliphatic heterocycles. The van der Waals surface area contributed by atoms with Crippen molar-refractivity contribution < 1.29 is 4.42 Å². The molecule has 0 unspecified atom stereocenters. The van der Waals surface area contributed by atoms with Crippen LogP contribution < -0.4 is 0 Å². The van der Waals surface area contributed by atoms with Gasteiger partial charge in [-0.05, 0) is 35.0 Å². The molecule has 4 aromatic rings. The van der Waals surface area contributed by atoms with Gasteiger partial charge in [-0.2, -0.15) is 0 Å².